The highest BCUT2D eigenvalue weighted by Gasteiger charge is 2.41. The van der Waals surface area contributed by atoms with E-state index in [4.69, 9.17) is 4.74 Å². The van der Waals surface area contributed by atoms with Crippen molar-refractivity contribution in [2.24, 2.45) is 0 Å². The zero-order chi connectivity index (χ0) is 19.3. The van der Waals surface area contributed by atoms with Gasteiger partial charge in [0.25, 0.3) is 5.69 Å². The fourth-order valence-corrected chi connectivity index (χ4v) is 3.71. The summed E-state index contributed by atoms with van der Waals surface area (Å²) in [6, 6.07) is 14.8. The van der Waals surface area contributed by atoms with Crippen LogP contribution in [0.3, 0.4) is 0 Å². The highest BCUT2D eigenvalue weighted by atomic mass is 16.6. The lowest BCUT2D eigenvalue weighted by Crippen LogP contribution is -2.40. The molecule has 2 aromatic carbocycles. The van der Waals surface area contributed by atoms with Crippen molar-refractivity contribution >= 4 is 17.4 Å². The number of rotatable bonds is 6. The smallest absolute Gasteiger partial charge is 0.338 e. The number of nitro groups is 1. The molecule has 1 saturated carbocycles. The molecule has 27 heavy (non-hydrogen) atoms. The highest BCUT2D eigenvalue weighted by Crippen LogP contribution is 2.40. The fraction of sp³-hybridized carbons (Fsp3) is 0.333. The van der Waals surface area contributed by atoms with Gasteiger partial charge in [-0.2, -0.15) is 0 Å². The first-order valence-corrected chi connectivity index (χ1v) is 9.03. The molecule has 0 saturated heterocycles. The molecular formula is C21H21NO5. The minimum Gasteiger partial charge on any atom is -0.454 e. The largest absolute Gasteiger partial charge is 0.454 e. The van der Waals surface area contributed by atoms with Crippen LogP contribution in [0, 0.1) is 10.1 Å². The van der Waals surface area contributed by atoms with E-state index in [1.165, 1.54) is 24.3 Å². The first-order chi connectivity index (χ1) is 13.0. The van der Waals surface area contributed by atoms with Crippen molar-refractivity contribution in [3.05, 3.63) is 75.8 Å². The van der Waals surface area contributed by atoms with Crippen molar-refractivity contribution in [1.29, 1.82) is 0 Å². The van der Waals surface area contributed by atoms with Crippen LogP contribution in [0.15, 0.2) is 54.6 Å². The molecule has 0 aliphatic heterocycles. The first-order valence-electron chi connectivity index (χ1n) is 9.03. The van der Waals surface area contributed by atoms with Gasteiger partial charge in [-0.15, -0.1) is 0 Å². The number of carbonyl (C=O) groups excluding carboxylic acids is 2. The van der Waals surface area contributed by atoms with Gasteiger partial charge < -0.3 is 4.74 Å². The van der Waals surface area contributed by atoms with E-state index in [0.29, 0.717) is 0 Å². The first kappa shape index (κ1) is 18.8. The fourth-order valence-electron chi connectivity index (χ4n) is 3.71. The van der Waals surface area contributed by atoms with Crippen molar-refractivity contribution in [3.63, 3.8) is 0 Å². The van der Waals surface area contributed by atoms with E-state index < -0.39 is 16.3 Å². The maximum absolute atomic E-state index is 13.0. The normalized spacial score (nSPS) is 15.7. The summed E-state index contributed by atoms with van der Waals surface area (Å²) < 4.78 is 5.23. The predicted octanol–water partition coefficient (Wildman–Crippen LogP) is 4.22. The van der Waals surface area contributed by atoms with Gasteiger partial charge in [0.2, 0.25) is 0 Å². The summed E-state index contributed by atoms with van der Waals surface area (Å²) in [4.78, 5) is 35.4. The maximum atomic E-state index is 13.0. The average molecular weight is 367 g/mol. The van der Waals surface area contributed by atoms with E-state index in [2.05, 4.69) is 0 Å². The second-order valence-corrected chi connectivity index (χ2v) is 6.81. The van der Waals surface area contributed by atoms with Crippen molar-refractivity contribution in [2.45, 2.75) is 37.5 Å². The highest BCUT2D eigenvalue weighted by molar-refractivity contribution is 5.95. The number of nitrogens with zero attached hydrogens (tertiary/aromatic N) is 1. The summed E-state index contributed by atoms with van der Waals surface area (Å²) in [5.74, 6) is -0.749. The zero-order valence-corrected chi connectivity index (χ0v) is 14.9. The molecule has 6 nitrogen and oxygen atoms in total. The molecule has 140 valence electrons. The molecule has 1 aliphatic rings. The molecule has 0 unspecified atom stereocenters. The van der Waals surface area contributed by atoms with Gasteiger partial charge in [0.1, 0.15) is 0 Å². The van der Waals surface area contributed by atoms with Gasteiger partial charge in [0.05, 0.1) is 15.9 Å². The molecular weight excluding hydrogens is 346 g/mol. The average Bonchev–Trinajstić information content (AvgIpc) is 2.73. The van der Waals surface area contributed by atoms with E-state index in [1.54, 1.807) is 0 Å². The Kier molecular flexibility index (Phi) is 5.64. The van der Waals surface area contributed by atoms with Crippen molar-refractivity contribution in [1.82, 2.24) is 0 Å². The van der Waals surface area contributed by atoms with Crippen molar-refractivity contribution in [2.75, 3.05) is 6.61 Å². The SMILES string of the molecule is O=C(OCC(=O)C1(c2ccccc2)CCCCC1)c1ccc([N+](=O)[O-])cc1. The Labute approximate surface area is 157 Å². The number of hydrogen-bond donors (Lipinski definition) is 0. The summed E-state index contributed by atoms with van der Waals surface area (Å²) in [7, 11) is 0. The van der Waals surface area contributed by atoms with E-state index in [0.717, 1.165) is 37.7 Å². The van der Waals surface area contributed by atoms with Crippen LogP contribution >= 0.6 is 0 Å². The summed E-state index contributed by atoms with van der Waals surface area (Å²) in [6.07, 6.45) is 4.55. The number of esters is 1. The van der Waals surface area contributed by atoms with Crippen molar-refractivity contribution < 1.29 is 19.2 Å². The summed E-state index contributed by atoms with van der Waals surface area (Å²) in [5.41, 5.74) is 0.453. The van der Waals surface area contributed by atoms with Crippen molar-refractivity contribution in [3.8, 4) is 0 Å². The summed E-state index contributed by atoms with van der Waals surface area (Å²) in [5, 5.41) is 10.7. The lowest BCUT2D eigenvalue weighted by Gasteiger charge is -2.36. The molecule has 0 bridgehead atoms. The Balaban J connectivity index is 1.71. The van der Waals surface area contributed by atoms with Gasteiger partial charge in [-0.1, -0.05) is 49.6 Å². The van der Waals surface area contributed by atoms with E-state index in [9.17, 15) is 19.7 Å². The molecule has 0 heterocycles. The second-order valence-electron chi connectivity index (χ2n) is 6.81. The van der Waals surface area contributed by atoms with Gasteiger partial charge >= 0.3 is 5.97 Å². The molecule has 0 amide bonds. The molecule has 1 aliphatic carbocycles. The maximum Gasteiger partial charge on any atom is 0.338 e. The number of non-ortho nitro benzene ring substituents is 1. The Bertz CT molecular complexity index is 823. The molecule has 1 fully saturated rings. The Morgan fingerprint density at radius 2 is 1.59 bits per heavy atom. The van der Waals surface area contributed by atoms with Gasteiger partial charge in [-0.25, -0.2) is 4.79 Å². The molecule has 6 heteroatoms. The van der Waals surface area contributed by atoms with Crippen LogP contribution in [-0.4, -0.2) is 23.3 Å². The topological polar surface area (TPSA) is 86.5 Å². The quantitative estimate of drug-likeness (QED) is 0.433. The number of carbonyl (C=O) groups is 2. The predicted molar refractivity (Wildman–Crippen MR) is 99.6 cm³/mol. The number of ether oxygens (including phenoxy) is 1. The Hall–Kier alpha value is -3.02. The Morgan fingerprint density at radius 3 is 2.19 bits per heavy atom. The second kappa shape index (κ2) is 8.12. The number of nitro benzene ring substituents is 1. The third-order valence-corrected chi connectivity index (χ3v) is 5.22. The van der Waals surface area contributed by atoms with Crippen LogP contribution in [0.1, 0.15) is 48.0 Å². The molecule has 3 rings (SSSR count). The summed E-state index contributed by atoms with van der Waals surface area (Å²) in [6.45, 7) is -0.301. The lowest BCUT2D eigenvalue weighted by molar-refractivity contribution is -0.384. The van der Waals surface area contributed by atoms with E-state index in [-0.39, 0.29) is 23.6 Å². The number of ketones is 1. The third-order valence-electron chi connectivity index (χ3n) is 5.22. The minimum absolute atomic E-state index is 0.0938. The van der Waals surface area contributed by atoms with Gasteiger partial charge in [-0.3, -0.25) is 14.9 Å². The third kappa shape index (κ3) is 4.05. The molecule has 0 spiro atoms. The van der Waals surface area contributed by atoms with Gasteiger partial charge in [0.15, 0.2) is 12.4 Å². The molecule has 0 N–H and O–H groups in total. The van der Waals surface area contributed by atoms with Crippen LogP contribution in [0.4, 0.5) is 5.69 Å². The van der Waals surface area contributed by atoms with Crippen LogP contribution < -0.4 is 0 Å². The number of Topliss-reactive ketones (excluding diaryl/α,β-unsaturated/α-hetero) is 1. The Morgan fingerprint density at radius 1 is 0.963 bits per heavy atom. The summed E-state index contributed by atoms with van der Waals surface area (Å²) >= 11 is 0. The number of benzene rings is 2. The molecule has 2 aromatic rings. The van der Waals surface area contributed by atoms with Crippen LogP contribution in [0.25, 0.3) is 0 Å². The minimum atomic E-state index is -0.655. The molecule has 0 aromatic heterocycles. The van der Waals surface area contributed by atoms with Gasteiger partial charge in [0, 0.05) is 12.1 Å². The molecule has 0 radical (unpaired) electrons. The van der Waals surface area contributed by atoms with Crippen LogP contribution in [0.5, 0.6) is 0 Å². The standard InChI is InChI=1S/C21H21NO5/c23-19(15-27-20(24)16-9-11-18(12-10-16)22(25)26)21(13-5-2-6-14-21)17-7-3-1-4-8-17/h1,3-4,7-12H,2,5-6,13-15H2. The number of hydrogen-bond acceptors (Lipinski definition) is 5. The van der Waals surface area contributed by atoms with Crippen LogP contribution in [-0.2, 0) is 14.9 Å². The van der Waals surface area contributed by atoms with Crippen LogP contribution in [0.2, 0.25) is 0 Å². The molecule has 0 atom stereocenters. The monoisotopic (exact) mass is 367 g/mol. The zero-order valence-electron chi connectivity index (χ0n) is 14.9. The van der Waals surface area contributed by atoms with Gasteiger partial charge in [-0.05, 0) is 30.5 Å². The lowest BCUT2D eigenvalue weighted by atomic mass is 9.67. The van der Waals surface area contributed by atoms with E-state index in [1.807, 2.05) is 30.3 Å². The van der Waals surface area contributed by atoms with E-state index >= 15 is 0 Å².